The van der Waals surface area contributed by atoms with Crippen LogP contribution in [0.15, 0.2) is 47.4 Å². The van der Waals surface area contributed by atoms with Crippen LogP contribution in [0, 0.1) is 5.92 Å². The van der Waals surface area contributed by atoms with Crippen LogP contribution in [-0.4, -0.2) is 11.1 Å². The van der Waals surface area contributed by atoms with Crippen molar-refractivity contribution in [3.05, 3.63) is 64.1 Å². The lowest BCUT2D eigenvalue weighted by molar-refractivity contribution is 0.292. The zero-order valence-corrected chi connectivity index (χ0v) is 13.1. The third kappa shape index (κ3) is 3.07. The molecule has 0 bridgehead atoms. The molecular weight excluding hydrogens is 276 g/mol. The van der Waals surface area contributed by atoms with Gasteiger partial charge in [-0.15, -0.1) is 0 Å². The molecule has 22 heavy (non-hydrogen) atoms. The standard InChI is InChI=1S/C18H22N2O2/c1-13(2)18-15-10-16(21)17(11-20(15)9-8-19-18)22-12-14-6-4-3-5-7-14/h3-7,10-11,13,18-19H,8-9,12H2,1-2H3. The van der Waals surface area contributed by atoms with E-state index in [1.165, 1.54) is 0 Å². The van der Waals surface area contributed by atoms with Gasteiger partial charge in [0.1, 0.15) is 6.61 Å². The van der Waals surface area contributed by atoms with Gasteiger partial charge in [-0.2, -0.15) is 0 Å². The lowest BCUT2D eigenvalue weighted by Gasteiger charge is -2.31. The molecule has 1 N–H and O–H groups in total. The zero-order valence-electron chi connectivity index (χ0n) is 13.1. The van der Waals surface area contributed by atoms with Crippen molar-refractivity contribution in [2.75, 3.05) is 6.54 Å². The van der Waals surface area contributed by atoms with Crippen LogP contribution in [0.5, 0.6) is 5.75 Å². The Kier molecular flexibility index (Phi) is 4.29. The minimum absolute atomic E-state index is 0.0449. The van der Waals surface area contributed by atoms with Gasteiger partial charge in [0.2, 0.25) is 5.43 Å². The van der Waals surface area contributed by atoms with Gasteiger partial charge in [-0.3, -0.25) is 4.79 Å². The molecule has 0 radical (unpaired) electrons. The van der Waals surface area contributed by atoms with E-state index in [4.69, 9.17) is 4.74 Å². The SMILES string of the molecule is CC(C)C1NCCn2cc(OCc3ccccc3)c(=O)cc21. The summed E-state index contributed by atoms with van der Waals surface area (Å²) in [5, 5.41) is 3.48. The van der Waals surface area contributed by atoms with Crippen molar-refractivity contribution < 1.29 is 4.74 Å². The maximum Gasteiger partial charge on any atom is 0.223 e. The van der Waals surface area contributed by atoms with Gasteiger partial charge in [-0.25, -0.2) is 0 Å². The van der Waals surface area contributed by atoms with Gasteiger partial charge in [0, 0.05) is 30.9 Å². The number of fused-ring (bicyclic) bond motifs is 1. The smallest absolute Gasteiger partial charge is 0.223 e. The summed E-state index contributed by atoms with van der Waals surface area (Å²) in [5.41, 5.74) is 2.07. The van der Waals surface area contributed by atoms with Crippen molar-refractivity contribution in [2.45, 2.75) is 33.0 Å². The predicted molar refractivity (Wildman–Crippen MR) is 87.1 cm³/mol. The maximum absolute atomic E-state index is 12.3. The molecule has 1 atom stereocenters. The average molecular weight is 298 g/mol. The van der Waals surface area contributed by atoms with Crippen LogP contribution in [0.25, 0.3) is 0 Å². The van der Waals surface area contributed by atoms with Crippen molar-refractivity contribution in [3.8, 4) is 5.75 Å². The third-order valence-electron chi connectivity index (χ3n) is 4.07. The molecule has 0 saturated heterocycles. The Morgan fingerprint density at radius 3 is 2.82 bits per heavy atom. The first-order chi connectivity index (χ1) is 10.6. The molecule has 2 aromatic rings. The van der Waals surface area contributed by atoms with Gasteiger partial charge in [0.25, 0.3) is 0 Å². The summed E-state index contributed by atoms with van der Waals surface area (Å²) in [5.74, 6) is 0.874. The van der Waals surface area contributed by atoms with Crippen LogP contribution in [0.3, 0.4) is 0 Å². The Balaban J connectivity index is 1.83. The second-order valence-electron chi connectivity index (χ2n) is 6.07. The van der Waals surface area contributed by atoms with Crippen molar-refractivity contribution in [3.63, 3.8) is 0 Å². The van der Waals surface area contributed by atoms with E-state index in [1.807, 2.05) is 36.5 Å². The molecule has 4 nitrogen and oxygen atoms in total. The molecule has 1 aromatic heterocycles. The molecule has 4 heteroatoms. The quantitative estimate of drug-likeness (QED) is 0.944. The van der Waals surface area contributed by atoms with Crippen molar-refractivity contribution in [1.82, 2.24) is 9.88 Å². The molecule has 1 aliphatic rings. The lowest BCUT2D eigenvalue weighted by Crippen LogP contribution is -2.37. The number of pyridine rings is 1. The first-order valence-corrected chi connectivity index (χ1v) is 7.79. The van der Waals surface area contributed by atoms with Gasteiger partial charge < -0.3 is 14.6 Å². The Morgan fingerprint density at radius 2 is 2.09 bits per heavy atom. The highest BCUT2D eigenvalue weighted by Gasteiger charge is 2.23. The van der Waals surface area contributed by atoms with Crippen molar-refractivity contribution in [2.24, 2.45) is 5.92 Å². The Hall–Kier alpha value is -2.07. The lowest BCUT2D eigenvalue weighted by atomic mass is 9.98. The molecule has 0 saturated carbocycles. The number of aromatic nitrogens is 1. The predicted octanol–water partition coefficient (Wildman–Crippen LogP) is 2.73. The minimum Gasteiger partial charge on any atom is -0.483 e. The van der Waals surface area contributed by atoms with E-state index in [0.29, 0.717) is 18.3 Å². The van der Waals surface area contributed by atoms with E-state index in [1.54, 1.807) is 6.07 Å². The number of nitrogens with zero attached hydrogens (tertiary/aromatic N) is 1. The molecule has 0 aliphatic carbocycles. The Labute approximate surface area is 130 Å². The van der Waals surface area contributed by atoms with Crippen LogP contribution in [0.1, 0.15) is 31.1 Å². The minimum atomic E-state index is -0.0449. The topological polar surface area (TPSA) is 43.3 Å². The van der Waals surface area contributed by atoms with Gasteiger partial charge in [-0.05, 0) is 11.5 Å². The normalized spacial score (nSPS) is 17.3. The molecule has 1 unspecified atom stereocenters. The van der Waals surface area contributed by atoms with Gasteiger partial charge >= 0.3 is 0 Å². The fourth-order valence-electron chi connectivity index (χ4n) is 2.90. The zero-order chi connectivity index (χ0) is 15.5. The van der Waals surface area contributed by atoms with E-state index in [0.717, 1.165) is 24.3 Å². The van der Waals surface area contributed by atoms with E-state index >= 15 is 0 Å². The summed E-state index contributed by atoms with van der Waals surface area (Å²) in [7, 11) is 0. The molecule has 2 heterocycles. The molecule has 116 valence electrons. The number of hydrogen-bond acceptors (Lipinski definition) is 3. The number of nitrogens with one attached hydrogen (secondary N) is 1. The van der Waals surface area contributed by atoms with E-state index < -0.39 is 0 Å². The molecule has 1 aliphatic heterocycles. The third-order valence-corrected chi connectivity index (χ3v) is 4.07. The van der Waals surface area contributed by atoms with E-state index in [9.17, 15) is 4.79 Å². The molecule has 1 aromatic carbocycles. The summed E-state index contributed by atoms with van der Waals surface area (Å²) >= 11 is 0. The van der Waals surface area contributed by atoms with E-state index in [2.05, 4.69) is 23.7 Å². The van der Waals surface area contributed by atoms with Gasteiger partial charge in [-0.1, -0.05) is 44.2 Å². The summed E-state index contributed by atoms with van der Waals surface area (Å²) < 4.78 is 7.87. The first-order valence-electron chi connectivity index (χ1n) is 7.79. The van der Waals surface area contributed by atoms with Gasteiger partial charge in [0.15, 0.2) is 5.75 Å². The van der Waals surface area contributed by atoms with Crippen LogP contribution in [0.2, 0.25) is 0 Å². The maximum atomic E-state index is 12.3. The summed E-state index contributed by atoms with van der Waals surface area (Å²) in [4.78, 5) is 12.3. The highest BCUT2D eigenvalue weighted by molar-refractivity contribution is 5.26. The largest absolute Gasteiger partial charge is 0.483 e. The van der Waals surface area contributed by atoms with E-state index in [-0.39, 0.29) is 11.5 Å². The fourth-order valence-corrected chi connectivity index (χ4v) is 2.90. The second kappa shape index (κ2) is 6.36. The summed E-state index contributed by atoms with van der Waals surface area (Å²) in [6, 6.07) is 11.8. The highest BCUT2D eigenvalue weighted by Crippen LogP contribution is 2.24. The first kappa shape index (κ1) is 14.9. The van der Waals surface area contributed by atoms with Crippen LogP contribution < -0.4 is 15.5 Å². The monoisotopic (exact) mass is 298 g/mol. The van der Waals surface area contributed by atoms with Crippen molar-refractivity contribution >= 4 is 0 Å². The number of ether oxygens (including phenoxy) is 1. The molecule has 0 spiro atoms. The average Bonchev–Trinajstić information content (AvgIpc) is 2.53. The van der Waals surface area contributed by atoms with Crippen LogP contribution >= 0.6 is 0 Å². The molecule has 0 amide bonds. The fraction of sp³-hybridized carbons (Fsp3) is 0.389. The summed E-state index contributed by atoms with van der Waals surface area (Å²) in [6.45, 7) is 6.52. The number of benzene rings is 1. The molecule has 0 fully saturated rings. The Morgan fingerprint density at radius 1 is 1.32 bits per heavy atom. The van der Waals surface area contributed by atoms with Crippen LogP contribution in [-0.2, 0) is 13.2 Å². The van der Waals surface area contributed by atoms with Crippen molar-refractivity contribution in [1.29, 1.82) is 0 Å². The van der Waals surface area contributed by atoms with Crippen LogP contribution in [0.4, 0.5) is 0 Å². The molecule has 3 rings (SSSR count). The second-order valence-corrected chi connectivity index (χ2v) is 6.07. The number of rotatable bonds is 4. The number of hydrogen-bond donors (Lipinski definition) is 1. The highest BCUT2D eigenvalue weighted by atomic mass is 16.5. The summed E-state index contributed by atoms with van der Waals surface area (Å²) in [6.07, 6.45) is 1.86. The Bertz CT molecular complexity index is 692. The molecular formula is C18H22N2O2. The van der Waals surface area contributed by atoms with Gasteiger partial charge in [0.05, 0.1) is 6.20 Å².